The van der Waals surface area contributed by atoms with E-state index in [4.69, 9.17) is 4.74 Å². The molecule has 84 valence electrons. The molecule has 1 aromatic heterocycles. The number of pyridine rings is 1. The van der Waals surface area contributed by atoms with Gasteiger partial charge in [0.25, 0.3) is 0 Å². The summed E-state index contributed by atoms with van der Waals surface area (Å²) >= 11 is 0. The van der Waals surface area contributed by atoms with Crippen LogP contribution < -0.4 is 0 Å². The summed E-state index contributed by atoms with van der Waals surface area (Å²) in [5.74, 6) is 0. The topological polar surface area (TPSA) is 45.6 Å². The average Bonchev–Trinajstić information content (AvgIpc) is 2.25. The zero-order valence-electron chi connectivity index (χ0n) is 9.26. The van der Waals surface area contributed by atoms with Crippen LogP contribution in [0.1, 0.15) is 11.7 Å². The number of likely N-dealkylation sites (N-methyl/N-ethyl adjacent to an activating group) is 1. The Morgan fingerprint density at radius 2 is 2.33 bits per heavy atom. The van der Waals surface area contributed by atoms with Gasteiger partial charge >= 0.3 is 0 Å². The maximum Gasteiger partial charge on any atom is 0.104 e. The third-order valence-corrected chi connectivity index (χ3v) is 2.03. The first-order valence-corrected chi connectivity index (χ1v) is 5.00. The maximum absolute atomic E-state index is 9.71. The van der Waals surface area contributed by atoms with Gasteiger partial charge in [-0.25, -0.2) is 0 Å². The van der Waals surface area contributed by atoms with E-state index in [1.807, 2.05) is 25.1 Å². The highest BCUT2D eigenvalue weighted by molar-refractivity contribution is 5.11. The largest absolute Gasteiger partial charge is 0.386 e. The Morgan fingerprint density at radius 1 is 1.53 bits per heavy atom. The molecule has 0 fully saturated rings. The van der Waals surface area contributed by atoms with Crippen LogP contribution in [0.4, 0.5) is 0 Å². The Bertz CT molecular complexity index is 265. The summed E-state index contributed by atoms with van der Waals surface area (Å²) in [6.07, 6.45) is 2.75. The highest BCUT2D eigenvalue weighted by Gasteiger charge is 2.06. The predicted molar refractivity (Wildman–Crippen MR) is 58.6 cm³/mol. The number of aromatic nitrogens is 1. The van der Waals surface area contributed by atoms with Crippen molar-refractivity contribution in [2.75, 3.05) is 33.9 Å². The van der Waals surface area contributed by atoms with Crippen LogP contribution in [0, 0.1) is 0 Å². The quantitative estimate of drug-likeness (QED) is 0.702. The average molecular weight is 210 g/mol. The van der Waals surface area contributed by atoms with E-state index in [0.717, 1.165) is 12.1 Å². The van der Waals surface area contributed by atoms with Gasteiger partial charge in [-0.3, -0.25) is 4.98 Å². The molecule has 4 heteroatoms. The van der Waals surface area contributed by atoms with Crippen LogP contribution in [0.2, 0.25) is 0 Å². The van der Waals surface area contributed by atoms with Crippen LogP contribution in [0.25, 0.3) is 0 Å². The van der Waals surface area contributed by atoms with Crippen molar-refractivity contribution >= 4 is 0 Å². The van der Waals surface area contributed by atoms with Crippen molar-refractivity contribution in [3.05, 3.63) is 30.1 Å². The van der Waals surface area contributed by atoms with Crippen LogP contribution in [-0.2, 0) is 4.74 Å². The van der Waals surface area contributed by atoms with Crippen molar-refractivity contribution in [2.45, 2.75) is 6.10 Å². The lowest BCUT2D eigenvalue weighted by Gasteiger charge is -2.13. The maximum atomic E-state index is 9.71. The fraction of sp³-hybridized carbons (Fsp3) is 0.545. The van der Waals surface area contributed by atoms with Gasteiger partial charge in [0.05, 0.1) is 13.2 Å². The fourth-order valence-electron chi connectivity index (χ4n) is 1.11. The second kappa shape index (κ2) is 6.50. The SMILES string of the molecule is CN(C)CCOCC(O)c1cccnc1. The van der Waals surface area contributed by atoms with Crippen molar-refractivity contribution in [1.82, 2.24) is 9.88 Å². The standard InChI is InChI=1S/C11H18N2O2/c1-13(2)6-7-15-9-11(14)10-4-3-5-12-8-10/h3-5,8,11,14H,6-7,9H2,1-2H3. The van der Waals surface area contributed by atoms with Crippen molar-refractivity contribution in [3.63, 3.8) is 0 Å². The molecule has 0 aliphatic carbocycles. The van der Waals surface area contributed by atoms with Gasteiger partial charge in [0.2, 0.25) is 0 Å². The van der Waals surface area contributed by atoms with Gasteiger partial charge in [-0.1, -0.05) is 6.07 Å². The van der Waals surface area contributed by atoms with Gasteiger partial charge < -0.3 is 14.7 Å². The van der Waals surface area contributed by atoms with E-state index in [2.05, 4.69) is 4.98 Å². The van der Waals surface area contributed by atoms with Crippen molar-refractivity contribution < 1.29 is 9.84 Å². The third kappa shape index (κ3) is 4.88. The number of rotatable bonds is 6. The van der Waals surface area contributed by atoms with E-state index in [-0.39, 0.29) is 0 Å². The van der Waals surface area contributed by atoms with Crippen molar-refractivity contribution in [2.24, 2.45) is 0 Å². The molecule has 4 nitrogen and oxygen atoms in total. The smallest absolute Gasteiger partial charge is 0.104 e. The Morgan fingerprint density at radius 3 is 2.93 bits per heavy atom. The highest BCUT2D eigenvalue weighted by Crippen LogP contribution is 2.10. The van der Waals surface area contributed by atoms with Gasteiger partial charge in [-0.2, -0.15) is 0 Å². The molecule has 0 saturated carbocycles. The van der Waals surface area contributed by atoms with Crippen LogP contribution in [0.15, 0.2) is 24.5 Å². The zero-order chi connectivity index (χ0) is 11.1. The normalized spacial score (nSPS) is 13.1. The Labute approximate surface area is 90.5 Å². The molecule has 15 heavy (non-hydrogen) atoms. The first-order valence-electron chi connectivity index (χ1n) is 5.00. The third-order valence-electron chi connectivity index (χ3n) is 2.03. The first kappa shape index (κ1) is 12.1. The number of nitrogens with zero attached hydrogens (tertiary/aromatic N) is 2. The van der Waals surface area contributed by atoms with E-state index in [9.17, 15) is 5.11 Å². The number of aliphatic hydroxyl groups is 1. The minimum atomic E-state index is -0.583. The predicted octanol–water partition coefficient (Wildman–Crippen LogP) is 0.693. The lowest BCUT2D eigenvalue weighted by molar-refractivity contribution is 0.0305. The minimum Gasteiger partial charge on any atom is -0.386 e. The summed E-state index contributed by atoms with van der Waals surface area (Å²) in [6, 6.07) is 3.64. The van der Waals surface area contributed by atoms with Gasteiger partial charge in [-0.05, 0) is 20.2 Å². The van der Waals surface area contributed by atoms with Gasteiger partial charge in [0.15, 0.2) is 0 Å². The molecule has 1 aromatic rings. The van der Waals surface area contributed by atoms with Crippen LogP contribution >= 0.6 is 0 Å². The molecule has 1 N–H and O–H groups in total. The second-order valence-corrected chi connectivity index (χ2v) is 3.68. The van der Waals surface area contributed by atoms with Gasteiger partial charge in [-0.15, -0.1) is 0 Å². The summed E-state index contributed by atoms with van der Waals surface area (Å²) in [6.45, 7) is 1.81. The van der Waals surface area contributed by atoms with Gasteiger partial charge in [0.1, 0.15) is 6.10 Å². The first-order chi connectivity index (χ1) is 7.20. The van der Waals surface area contributed by atoms with E-state index < -0.39 is 6.10 Å². The number of hydrogen-bond acceptors (Lipinski definition) is 4. The molecule has 0 bridgehead atoms. The van der Waals surface area contributed by atoms with E-state index in [1.165, 1.54) is 0 Å². The molecule has 0 aliphatic heterocycles. The number of aliphatic hydroxyl groups excluding tert-OH is 1. The molecular formula is C11H18N2O2. The Hall–Kier alpha value is -0.970. The Balaban J connectivity index is 2.22. The molecule has 1 rings (SSSR count). The molecule has 0 amide bonds. The molecule has 0 spiro atoms. The molecule has 1 heterocycles. The summed E-state index contributed by atoms with van der Waals surface area (Å²) in [5, 5.41) is 9.71. The van der Waals surface area contributed by atoms with E-state index in [0.29, 0.717) is 13.2 Å². The summed E-state index contributed by atoms with van der Waals surface area (Å²) in [5.41, 5.74) is 0.794. The van der Waals surface area contributed by atoms with E-state index >= 15 is 0 Å². The highest BCUT2D eigenvalue weighted by atomic mass is 16.5. The molecule has 0 saturated heterocycles. The molecular weight excluding hydrogens is 192 g/mol. The molecule has 0 aromatic carbocycles. The summed E-state index contributed by atoms with van der Waals surface area (Å²) in [7, 11) is 3.97. The van der Waals surface area contributed by atoms with Crippen molar-refractivity contribution in [3.8, 4) is 0 Å². The zero-order valence-corrected chi connectivity index (χ0v) is 9.26. The van der Waals surface area contributed by atoms with Crippen LogP contribution in [-0.4, -0.2) is 48.8 Å². The monoisotopic (exact) mass is 210 g/mol. The van der Waals surface area contributed by atoms with Crippen LogP contribution in [0.5, 0.6) is 0 Å². The fourth-order valence-corrected chi connectivity index (χ4v) is 1.11. The Kier molecular flexibility index (Phi) is 5.25. The lowest BCUT2D eigenvalue weighted by Crippen LogP contribution is -2.19. The number of ether oxygens (including phenoxy) is 1. The molecule has 0 radical (unpaired) electrons. The summed E-state index contributed by atoms with van der Waals surface area (Å²) < 4.78 is 5.34. The van der Waals surface area contributed by atoms with E-state index in [1.54, 1.807) is 18.5 Å². The molecule has 1 unspecified atom stereocenters. The van der Waals surface area contributed by atoms with Crippen LogP contribution in [0.3, 0.4) is 0 Å². The van der Waals surface area contributed by atoms with Gasteiger partial charge in [0, 0.05) is 24.5 Å². The summed E-state index contributed by atoms with van der Waals surface area (Å²) in [4.78, 5) is 5.98. The second-order valence-electron chi connectivity index (χ2n) is 3.68. The molecule has 1 atom stereocenters. The minimum absolute atomic E-state index is 0.319. The van der Waals surface area contributed by atoms with Crippen molar-refractivity contribution in [1.29, 1.82) is 0 Å². The molecule has 0 aliphatic rings. The number of hydrogen-bond donors (Lipinski definition) is 1. The lowest BCUT2D eigenvalue weighted by atomic mass is 10.2.